The summed E-state index contributed by atoms with van der Waals surface area (Å²) in [5.74, 6) is 2.56. The van der Waals surface area contributed by atoms with Gasteiger partial charge in [-0.15, -0.1) is 0 Å². The summed E-state index contributed by atoms with van der Waals surface area (Å²) in [6.07, 6.45) is 5.33. The van der Waals surface area contributed by atoms with Crippen molar-refractivity contribution in [2.45, 2.75) is 45.6 Å². The highest BCUT2D eigenvalue weighted by Gasteiger charge is 2.25. The molecule has 0 amide bonds. The molecular weight excluding hydrogens is 288 g/mol. The van der Waals surface area contributed by atoms with Crippen molar-refractivity contribution in [2.75, 3.05) is 53.5 Å². The lowest BCUT2D eigenvalue weighted by Gasteiger charge is -2.28. The molecule has 0 aromatic rings. The van der Waals surface area contributed by atoms with Crippen LogP contribution in [0.5, 0.6) is 0 Å². The number of hydrogen-bond donors (Lipinski definition) is 1. The van der Waals surface area contributed by atoms with E-state index in [4.69, 9.17) is 4.74 Å². The van der Waals surface area contributed by atoms with E-state index >= 15 is 0 Å². The Bertz CT molecular complexity index is 368. The fourth-order valence-corrected chi connectivity index (χ4v) is 3.27. The third-order valence-electron chi connectivity index (χ3n) is 4.79. The van der Waals surface area contributed by atoms with Crippen molar-refractivity contribution in [3.63, 3.8) is 0 Å². The molecule has 1 aliphatic carbocycles. The van der Waals surface area contributed by atoms with E-state index in [1.807, 2.05) is 7.05 Å². The largest absolute Gasteiger partial charge is 0.379 e. The molecule has 2 aliphatic rings. The smallest absolute Gasteiger partial charge is 0.193 e. The summed E-state index contributed by atoms with van der Waals surface area (Å²) in [6.45, 7) is 10.7. The van der Waals surface area contributed by atoms with Crippen molar-refractivity contribution in [1.29, 1.82) is 0 Å². The topological polar surface area (TPSA) is 40.1 Å². The Kier molecular flexibility index (Phi) is 7.63. The second kappa shape index (κ2) is 9.48. The number of likely N-dealkylation sites (N-methyl/N-ethyl adjacent to an activating group) is 1. The zero-order chi connectivity index (χ0) is 16.7. The summed E-state index contributed by atoms with van der Waals surface area (Å²) >= 11 is 0. The first-order valence-electron chi connectivity index (χ1n) is 9.33. The second-order valence-electron chi connectivity index (χ2n) is 7.55. The SMILES string of the molecule is CN=C(NC[C@H]1CCCN1CC(C)C)N(C)CCOCC1CC1. The molecule has 23 heavy (non-hydrogen) atoms. The lowest BCUT2D eigenvalue weighted by atomic mass is 10.1. The first kappa shape index (κ1) is 18.5. The first-order chi connectivity index (χ1) is 11.1. The summed E-state index contributed by atoms with van der Waals surface area (Å²) in [5, 5.41) is 3.56. The number of nitrogens with zero attached hydrogens (tertiary/aromatic N) is 3. The average molecular weight is 325 g/mol. The Labute approximate surface area is 142 Å². The van der Waals surface area contributed by atoms with Crippen LogP contribution in [0.15, 0.2) is 4.99 Å². The first-order valence-corrected chi connectivity index (χ1v) is 9.33. The van der Waals surface area contributed by atoms with Gasteiger partial charge in [0.15, 0.2) is 5.96 Å². The van der Waals surface area contributed by atoms with Crippen molar-refractivity contribution in [3.05, 3.63) is 0 Å². The maximum absolute atomic E-state index is 5.73. The molecule has 2 fully saturated rings. The number of hydrogen-bond acceptors (Lipinski definition) is 3. The molecule has 0 bridgehead atoms. The van der Waals surface area contributed by atoms with E-state index in [-0.39, 0.29) is 0 Å². The van der Waals surface area contributed by atoms with E-state index in [0.29, 0.717) is 6.04 Å². The number of guanidine groups is 1. The number of aliphatic imine (C=N–C) groups is 1. The molecule has 1 saturated carbocycles. The summed E-state index contributed by atoms with van der Waals surface area (Å²) < 4.78 is 5.73. The van der Waals surface area contributed by atoms with E-state index in [0.717, 1.165) is 44.1 Å². The Hall–Kier alpha value is -0.810. The monoisotopic (exact) mass is 324 g/mol. The molecule has 1 aliphatic heterocycles. The molecule has 5 heteroatoms. The number of nitrogens with one attached hydrogen (secondary N) is 1. The van der Waals surface area contributed by atoms with E-state index in [1.54, 1.807) is 0 Å². The Morgan fingerprint density at radius 3 is 2.78 bits per heavy atom. The molecule has 2 rings (SSSR count). The van der Waals surface area contributed by atoms with Crippen LogP contribution in [-0.2, 0) is 4.74 Å². The summed E-state index contributed by atoms with van der Waals surface area (Å²) in [6, 6.07) is 0.647. The van der Waals surface area contributed by atoms with Crippen molar-refractivity contribution in [1.82, 2.24) is 15.1 Å². The third-order valence-corrected chi connectivity index (χ3v) is 4.79. The molecule has 0 spiro atoms. The van der Waals surface area contributed by atoms with Crippen LogP contribution in [-0.4, -0.2) is 75.3 Å². The zero-order valence-electron chi connectivity index (χ0n) is 15.6. The van der Waals surface area contributed by atoms with Crippen LogP contribution in [0.2, 0.25) is 0 Å². The molecule has 0 aromatic heterocycles. The molecule has 0 radical (unpaired) electrons. The van der Waals surface area contributed by atoms with Crippen LogP contribution >= 0.6 is 0 Å². The van der Waals surface area contributed by atoms with Gasteiger partial charge in [0.05, 0.1) is 6.61 Å². The highest BCUT2D eigenvalue weighted by Crippen LogP contribution is 2.28. The van der Waals surface area contributed by atoms with Crippen LogP contribution in [0.25, 0.3) is 0 Å². The Balaban J connectivity index is 1.66. The highest BCUT2D eigenvalue weighted by atomic mass is 16.5. The normalized spacial score (nSPS) is 22.8. The zero-order valence-corrected chi connectivity index (χ0v) is 15.6. The molecule has 5 nitrogen and oxygen atoms in total. The third kappa shape index (κ3) is 6.68. The molecule has 0 aromatic carbocycles. The van der Waals surface area contributed by atoms with Gasteiger partial charge in [-0.25, -0.2) is 0 Å². The highest BCUT2D eigenvalue weighted by molar-refractivity contribution is 5.79. The minimum Gasteiger partial charge on any atom is -0.379 e. The van der Waals surface area contributed by atoms with Gasteiger partial charge >= 0.3 is 0 Å². The Morgan fingerprint density at radius 1 is 1.35 bits per heavy atom. The van der Waals surface area contributed by atoms with Gasteiger partial charge in [-0.3, -0.25) is 9.89 Å². The lowest BCUT2D eigenvalue weighted by molar-refractivity contribution is 0.115. The predicted octanol–water partition coefficient (Wildman–Crippen LogP) is 2.04. The van der Waals surface area contributed by atoms with Gasteiger partial charge in [0, 0.05) is 46.4 Å². The van der Waals surface area contributed by atoms with Crippen molar-refractivity contribution < 1.29 is 4.74 Å². The number of likely N-dealkylation sites (tertiary alicyclic amines) is 1. The van der Waals surface area contributed by atoms with E-state index in [2.05, 4.69) is 41.0 Å². The van der Waals surface area contributed by atoms with Gasteiger partial charge in [-0.05, 0) is 44.1 Å². The Morgan fingerprint density at radius 2 is 2.13 bits per heavy atom. The van der Waals surface area contributed by atoms with Gasteiger partial charge in [0.2, 0.25) is 0 Å². The van der Waals surface area contributed by atoms with Gasteiger partial charge in [0.25, 0.3) is 0 Å². The van der Waals surface area contributed by atoms with E-state index in [1.165, 1.54) is 38.8 Å². The number of ether oxygens (including phenoxy) is 1. The van der Waals surface area contributed by atoms with E-state index < -0.39 is 0 Å². The van der Waals surface area contributed by atoms with Gasteiger partial charge in [-0.1, -0.05) is 13.8 Å². The van der Waals surface area contributed by atoms with Crippen LogP contribution in [0.1, 0.15) is 39.5 Å². The second-order valence-corrected chi connectivity index (χ2v) is 7.55. The summed E-state index contributed by atoms with van der Waals surface area (Å²) in [4.78, 5) is 9.22. The molecule has 134 valence electrons. The van der Waals surface area contributed by atoms with Crippen molar-refractivity contribution in [3.8, 4) is 0 Å². The fraction of sp³-hybridized carbons (Fsp3) is 0.944. The van der Waals surface area contributed by atoms with Gasteiger partial charge in [-0.2, -0.15) is 0 Å². The fourth-order valence-electron chi connectivity index (χ4n) is 3.27. The van der Waals surface area contributed by atoms with E-state index in [9.17, 15) is 0 Å². The maximum Gasteiger partial charge on any atom is 0.193 e. The van der Waals surface area contributed by atoms with Crippen molar-refractivity contribution in [2.24, 2.45) is 16.8 Å². The van der Waals surface area contributed by atoms with Crippen LogP contribution in [0.3, 0.4) is 0 Å². The van der Waals surface area contributed by atoms with Crippen LogP contribution in [0, 0.1) is 11.8 Å². The summed E-state index contributed by atoms with van der Waals surface area (Å²) in [7, 11) is 3.96. The lowest BCUT2D eigenvalue weighted by Crippen LogP contribution is -2.46. The molecule has 1 saturated heterocycles. The summed E-state index contributed by atoms with van der Waals surface area (Å²) in [5.41, 5.74) is 0. The van der Waals surface area contributed by atoms with Crippen LogP contribution in [0.4, 0.5) is 0 Å². The number of rotatable bonds is 9. The molecule has 1 N–H and O–H groups in total. The molecule has 1 atom stereocenters. The average Bonchev–Trinajstić information content (AvgIpc) is 3.24. The molecular formula is C18H36N4O. The maximum atomic E-state index is 5.73. The minimum atomic E-state index is 0.647. The van der Waals surface area contributed by atoms with Crippen LogP contribution < -0.4 is 5.32 Å². The quantitative estimate of drug-likeness (QED) is 0.400. The molecule has 1 heterocycles. The standard InChI is InChI=1S/C18H36N4O/c1-15(2)13-22-9-5-6-17(22)12-20-18(19-3)21(4)10-11-23-14-16-7-8-16/h15-17H,5-14H2,1-4H3,(H,19,20)/t17-/m1/s1. The van der Waals surface area contributed by atoms with Crippen molar-refractivity contribution >= 4 is 5.96 Å². The minimum absolute atomic E-state index is 0.647. The molecule has 0 unspecified atom stereocenters. The predicted molar refractivity (Wildman–Crippen MR) is 97.0 cm³/mol. The van der Waals surface area contributed by atoms with Gasteiger partial charge < -0.3 is 15.0 Å². The van der Waals surface area contributed by atoms with Gasteiger partial charge in [0.1, 0.15) is 0 Å².